The van der Waals surface area contributed by atoms with Crippen molar-refractivity contribution in [3.05, 3.63) is 29.8 Å². The molecule has 4 nitrogen and oxygen atoms in total. The van der Waals surface area contributed by atoms with Gasteiger partial charge in [-0.2, -0.15) is 12.6 Å². The Balaban J connectivity index is 0.00000191. The molecule has 21 heavy (non-hydrogen) atoms. The molecule has 0 aliphatic heterocycles. The second kappa shape index (κ2) is 13.0. The largest absolute Gasteiger partial charge is 0.491 e. The number of nitrogens with one attached hydrogen (secondary N) is 1. The molecule has 0 amide bonds. The van der Waals surface area contributed by atoms with E-state index in [1.54, 1.807) is 6.26 Å². The van der Waals surface area contributed by atoms with Crippen LogP contribution in [0.2, 0.25) is 0 Å². The van der Waals surface area contributed by atoms with E-state index in [0.717, 1.165) is 5.75 Å². The zero-order valence-corrected chi connectivity index (χ0v) is 14.4. The molecule has 0 radical (unpaired) electrons. The molecule has 0 bridgehead atoms. The quantitative estimate of drug-likeness (QED) is 0.483. The summed E-state index contributed by atoms with van der Waals surface area (Å²) >= 11 is 3.53. The summed E-state index contributed by atoms with van der Waals surface area (Å²) in [4.78, 5) is 0. The van der Waals surface area contributed by atoms with E-state index < -0.39 is 6.10 Å². The molecule has 0 aromatic heterocycles. The van der Waals surface area contributed by atoms with E-state index in [1.807, 2.05) is 45.0 Å². The van der Waals surface area contributed by atoms with Crippen LogP contribution in [0.15, 0.2) is 24.3 Å². The number of aliphatic hydroxyl groups is 1. The van der Waals surface area contributed by atoms with Crippen LogP contribution in [0.4, 0.5) is 0 Å². The maximum Gasteiger partial charge on any atom is 0.119 e. The van der Waals surface area contributed by atoms with Gasteiger partial charge < -0.3 is 19.9 Å². The van der Waals surface area contributed by atoms with Crippen molar-refractivity contribution in [3.63, 3.8) is 0 Å². The van der Waals surface area contributed by atoms with E-state index in [1.165, 1.54) is 5.56 Å². The Morgan fingerprint density at radius 3 is 2.33 bits per heavy atom. The number of hydrogen-bond donors (Lipinski definition) is 3. The second-order valence-electron chi connectivity index (χ2n) is 4.95. The molecular formula is C16H29NO3S. The summed E-state index contributed by atoms with van der Waals surface area (Å²) in [5.41, 5.74) is 1.21. The predicted molar refractivity (Wildman–Crippen MR) is 91.5 cm³/mol. The molecule has 0 aliphatic rings. The van der Waals surface area contributed by atoms with E-state index in [2.05, 4.69) is 17.9 Å². The van der Waals surface area contributed by atoms with Gasteiger partial charge in [-0.25, -0.2) is 0 Å². The minimum Gasteiger partial charge on any atom is -0.491 e. The minimum atomic E-state index is -0.471. The normalized spacial score (nSPS) is 11.8. The average molecular weight is 315 g/mol. The molecule has 122 valence electrons. The number of aliphatic hydroxyl groups excluding tert-OH is 1. The van der Waals surface area contributed by atoms with Gasteiger partial charge in [0.2, 0.25) is 0 Å². The maximum atomic E-state index is 9.62. The fourth-order valence-corrected chi connectivity index (χ4v) is 1.50. The van der Waals surface area contributed by atoms with E-state index in [9.17, 15) is 5.11 Å². The van der Waals surface area contributed by atoms with Gasteiger partial charge in [-0.15, -0.1) is 0 Å². The Bertz CT molecular complexity index is 344. The van der Waals surface area contributed by atoms with Gasteiger partial charge in [-0.3, -0.25) is 0 Å². The van der Waals surface area contributed by atoms with E-state index >= 15 is 0 Å². The third-order valence-corrected chi connectivity index (χ3v) is 2.59. The first-order chi connectivity index (χ1) is 10.1. The third-order valence-electron chi connectivity index (χ3n) is 2.59. The van der Waals surface area contributed by atoms with E-state index in [4.69, 9.17) is 9.47 Å². The number of thiol groups is 1. The molecule has 0 spiro atoms. The number of rotatable bonds is 9. The molecule has 1 atom stereocenters. The molecule has 2 N–H and O–H groups in total. The highest BCUT2D eigenvalue weighted by molar-refractivity contribution is 7.79. The third kappa shape index (κ3) is 11.6. The van der Waals surface area contributed by atoms with Crippen molar-refractivity contribution >= 4 is 12.6 Å². The lowest BCUT2D eigenvalue weighted by Crippen LogP contribution is -2.34. The molecule has 1 rings (SSSR count). The average Bonchev–Trinajstić information content (AvgIpc) is 2.49. The molecule has 5 heteroatoms. The molecule has 0 unspecified atom stereocenters. The zero-order chi connectivity index (χ0) is 16.1. The van der Waals surface area contributed by atoms with Crippen LogP contribution >= 0.6 is 12.6 Å². The monoisotopic (exact) mass is 315 g/mol. The lowest BCUT2D eigenvalue weighted by molar-refractivity contribution is 0.0244. The van der Waals surface area contributed by atoms with Crippen LogP contribution in [0.1, 0.15) is 19.4 Å². The van der Waals surface area contributed by atoms with Crippen LogP contribution in [0.25, 0.3) is 0 Å². The van der Waals surface area contributed by atoms with Crippen LogP contribution in [-0.4, -0.2) is 49.9 Å². The van der Waals surface area contributed by atoms with Crippen LogP contribution in [-0.2, 0) is 4.74 Å². The number of aryl methyl sites for hydroxylation is 1. The van der Waals surface area contributed by atoms with Gasteiger partial charge in [0.15, 0.2) is 0 Å². The van der Waals surface area contributed by atoms with Crippen LogP contribution in [0.5, 0.6) is 5.75 Å². The van der Waals surface area contributed by atoms with Crippen molar-refractivity contribution in [1.82, 2.24) is 5.32 Å². The zero-order valence-electron chi connectivity index (χ0n) is 13.5. The molecule has 0 heterocycles. The molecule has 0 saturated carbocycles. The highest BCUT2D eigenvalue weighted by atomic mass is 32.1. The minimum absolute atomic E-state index is 0.330. The molecule has 1 aromatic rings. The lowest BCUT2D eigenvalue weighted by atomic mass is 10.2. The second-order valence-corrected chi connectivity index (χ2v) is 4.95. The predicted octanol–water partition coefficient (Wildman–Crippen LogP) is 2.30. The fourth-order valence-electron chi connectivity index (χ4n) is 1.50. The summed E-state index contributed by atoms with van der Waals surface area (Å²) in [6.07, 6.45) is 1.22. The Labute approximate surface area is 134 Å². The topological polar surface area (TPSA) is 50.7 Å². The molecule has 0 fully saturated rings. The Kier molecular flexibility index (Phi) is 12.5. The molecular weight excluding hydrogens is 286 g/mol. The molecule has 1 aromatic carbocycles. The van der Waals surface area contributed by atoms with E-state index in [0.29, 0.717) is 32.4 Å². The van der Waals surface area contributed by atoms with Crippen molar-refractivity contribution in [3.8, 4) is 5.75 Å². The highest BCUT2D eigenvalue weighted by Crippen LogP contribution is 2.10. The Morgan fingerprint density at radius 2 is 1.76 bits per heavy atom. The van der Waals surface area contributed by atoms with Gasteiger partial charge in [0.25, 0.3) is 0 Å². The first-order valence-corrected chi connectivity index (χ1v) is 8.10. The summed E-state index contributed by atoms with van der Waals surface area (Å²) < 4.78 is 10.9. The molecule has 0 aliphatic carbocycles. The summed E-state index contributed by atoms with van der Waals surface area (Å²) in [6, 6.07) is 8.28. The van der Waals surface area contributed by atoms with Crippen LogP contribution < -0.4 is 10.1 Å². The van der Waals surface area contributed by atoms with Crippen molar-refractivity contribution < 1.29 is 14.6 Å². The Morgan fingerprint density at radius 1 is 1.14 bits per heavy atom. The summed E-state index contributed by atoms with van der Waals surface area (Å²) in [5, 5.41) is 12.8. The van der Waals surface area contributed by atoms with Crippen molar-refractivity contribution in [2.24, 2.45) is 0 Å². The summed E-state index contributed by atoms with van der Waals surface area (Å²) in [5.74, 6) is 0.844. The molecule has 0 saturated heterocycles. The van der Waals surface area contributed by atoms with Gasteiger partial charge in [-0.1, -0.05) is 31.5 Å². The van der Waals surface area contributed by atoms with Gasteiger partial charge >= 0.3 is 0 Å². The fraction of sp³-hybridized carbons (Fsp3) is 0.625. The smallest absolute Gasteiger partial charge is 0.119 e. The SMILES string of the molecule is CS.Cc1ccc(OCCOC[C@@H](O)CNC(C)C)cc1. The highest BCUT2D eigenvalue weighted by Gasteiger charge is 2.04. The Hall–Kier alpha value is -0.750. The van der Waals surface area contributed by atoms with Gasteiger partial charge in [0.1, 0.15) is 12.4 Å². The van der Waals surface area contributed by atoms with Gasteiger partial charge in [0, 0.05) is 12.6 Å². The van der Waals surface area contributed by atoms with Gasteiger partial charge in [0.05, 0.1) is 19.3 Å². The van der Waals surface area contributed by atoms with Crippen molar-refractivity contribution in [2.45, 2.75) is 32.9 Å². The van der Waals surface area contributed by atoms with Gasteiger partial charge in [-0.05, 0) is 25.3 Å². The number of ether oxygens (including phenoxy) is 2. The number of benzene rings is 1. The maximum absolute atomic E-state index is 9.62. The lowest BCUT2D eigenvalue weighted by Gasteiger charge is -2.14. The first-order valence-electron chi connectivity index (χ1n) is 7.21. The number of hydrogen-bond acceptors (Lipinski definition) is 5. The van der Waals surface area contributed by atoms with E-state index in [-0.39, 0.29) is 0 Å². The standard InChI is InChI=1S/C15H25NO3.CH4S/c1-12(2)16-10-14(17)11-18-8-9-19-15-6-4-13(3)5-7-15;1-2/h4-7,12,14,16-17H,8-11H2,1-3H3;2H,1H3/t14-;/m0./s1. The first kappa shape index (κ1) is 20.2. The summed E-state index contributed by atoms with van der Waals surface area (Å²) in [7, 11) is 0. The van der Waals surface area contributed by atoms with Crippen molar-refractivity contribution in [1.29, 1.82) is 0 Å². The van der Waals surface area contributed by atoms with Crippen molar-refractivity contribution in [2.75, 3.05) is 32.6 Å². The van der Waals surface area contributed by atoms with Crippen LogP contribution in [0, 0.1) is 6.92 Å². The summed E-state index contributed by atoms with van der Waals surface area (Å²) in [6.45, 7) is 7.99. The van der Waals surface area contributed by atoms with Crippen LogP contribution in [0.3, 0.4) is 0 Å².